The van der Waals surface area contributed by atoms with Gasteiger partial charge in [0.1, 0.15) is 5.75 Å². The van der Waals surface area contributed by atoms with Crippen LogP contribution in [0.3, 0.4) is 0 Å². The number of hydrogen-bond donors (Lipinski definition) is 0. The zero-order chi connectivity index (χ0) is 19.5. The average Bonchev–Trinajstić information content (AvgIpc) is 2.70. The van der Waals surface area contributed by atoms with Crippen molar-refractivity contribution in [2.45, 2.75) is 51.9 Å². The van der Waals surface area contributed by atoms with Crippen LogP contribution >= 0.6 is 0 Å². The van der Waals surface area contributed by atoms with Gasteiger partial charge in [-0.1, -0.05) is 75.4 Å². The lowest BCUT2D eigenvalue weighted by Crippen LogP contribution is -2.12. The van der Waals surface area contributed by atoms with Crippen molar-refractivity contribution in [2.75, 3.05) is 0 Å². The van der Waals surface area contributed by atoms with E-state index in [1.807, 2.05) is 0 Å². The highest BCUT2D eigenvalue weighted by atomic mass is 16.5. The van der Waals surface area contributed by atoms with Crippen molar-refractivity contribution >= 4 is 18.0 Å². The maximum absolute atomic E-state index is 12.8. The molecule has 0 saturated carbocycles. The van der Waals surface area contributed by atoms with E-state index in [2.05, 4.69) is 6.92 Å². The van der Waals surface area contributed by atoms with Crippen LogP contribution in [0.5, 0.6) is 5.75 Å². The Kier molecular flexibility index (Phi) is 8.43. The third-order valence-corrected chi connectivity index (χ3v) is 4.37. The second-order valence-electron chi connectivity index (χ2n) is 6.46. The zero-order valence-electron chi connectivity index (χ0n) is 15.7. The molecule has 4 heteroatoms. The van der Waals surface area contributed by atoms with Crippen LogP contribution in [0.1, 0.15) is 73.4 Å². The van der Waals surface area contributed by atoms with Gasteiger partial charge >= 0.3 is 5.97 Å². The lowest BCUT2D eigenvalue weighted by atomic mass is 9.98. The summed E-state index contributed by atoms with van der Waals surface area (Å²) in [4.78, 5) is 36.0. The summed E-state index contributed by atoms with van der Waals surface area (Å²) in [5, 5.41) is 0. The fraction of sp³-hybridized carbons (Fsp3) is 0.348. The van der Waals surface area contributed by atoms with Crippen molar-refractivity contribution in [3.05, 3.63) is 65.2 Å². The number of carbonyl (C=O) groups excluding carboxylic acids is 3. The third kappa shape index (κ3) is 6.17. The van der Waals surface area contributed by atoms with E-state index in [9.17, 15) is 14.4 Å². The van der Waals surface area contributed by atoms with Gasteiger partial charge in [0.2, 0.25) is 6.29 Å². The minimum Gasteiger partial charge on any atom is -0.426 e. The molecule has 0 aliphatic heterocycles. The number of hydrogen-bond acceptors (Lipinski definition) is 4. The van der Waals surface area contributed by atoms with Crippen LogP contribution in [0.15, 0.2) is 48.5 Å². The molecular formula is C23H25O4. The molecule has 0 aliphatic carbocycles. The SMILES string of the molecule is CCCCCCCCC(=O)Oc1ccccc1C(=O)c1ccccc1[C]=O. The predicted molar refractivity (Wildman–Crippen MR) is 105 cm³/mol. The van der Waals surface area contributed by atoms with E-state index >= 15 is 0 Å². The molecule has 2 aromatic carbocycles. The summed E-state index contributed by atoms with van der Waals surface area (Å²) >= 11 is 0. The Labute approximate surface area is 160 Å². The molecule has 0 N–H and O–H groups in total. The highest BCUT2D eigenvalue weighted by molar-refractivity contribution is 6.14. The first-order chi connectivity index (χ1) is 13.2. The Morgan fingerprint density at radius 3 is 2.22 bits per heavy atom. The molecule has 2 aromatic rings. The standard InChI is InChI=1S/C23H25O4/c1-2-3-4-5-6-7-16-22(25)27-21-15-11-10-14-20(21)23(26)19-13-9-8-12-18(19)17-24/h8-15H,2-7,16H2,1H3. The predicted octanol–water partition coefficient (Wildman–Crippen LogP) is 5.03. The zero-order valence-corrected chi connectivity index (χ0v) is 15.7. The third-order valence-electron chi connectivity index (χ3n) is 4.37. The number of carbonyl (C=O) groups is 2. The summed E-state index contributed by atoms with van der Waals surface area (Å²) in [7, 11) is 0. The molecule has 0 heterocycles. The lowest BCUT2D eigenvalue weighted by molar-refractivity contribution is -0.134. The van der Waals surface area contributed by atoms with Gasteiger partial charge in [-0.25, -0.2) is 0 Å². The summed E-state index contributed by atoms with van der Waals surface area (Å²) in [6, 6.07) is 13.1. The first-order valence-electron chi connectivity index (χ1n) is 9.49. The molecule has 0 spiro atoms. The Morgan fingerprint density at radius 1 is 0.852 bits per heavy atom. The van der Waals surface area contributed by atoms with Gasteiger partial charge in [0.05, 0.1) is 5.56 Å². The van der Waals surface area contributed by atoms with E-state index in [1.165, 1.54) is 25.3 Å². The number of rotatable bonds is 11. The van der Waals surface area contributed by atoms with E-state index in [0.717, 1.165) is 19.3 Å². The first-order valence-corrected chi connectivity index (χ1v) is 9.49. The molecule has 27 heavy (non-hydrogen) atoms. The van der Waals surface area contributed by atoms with Crippen molar-refractivity contribution in [2.24, 2.45) is 0 Å². The van der Waals surface area contributed by atoms with Gasteiger partial charge in [-0.05, 0) is 18.6 Å². The fourth-order valence-corrected chi connectivity index (χ4v) is 2.88. The van der Waals surface area contributed by atoms with Crippen LogP contribution < -0.4 is 4.74 Å². The smallest absolute Gasteiger partial charge is 0.311 e. The normalized spacial score (nSPS) is 10.4. The number of unbranched alkanes of at least 4 members (excludes halogenated alkanes) is 5. The quantitative estimate of drug-likeness (QED) is 0.242. The van der Waals surface area contributed by atoms with Crippen LogP contribution in [0, 0.1) is 0 Å². The molecule has 0 bridgehead atoms. The largest absolute Gasteiger partial charge is 0.426 e. The molecule has 0 aromatic heterocycles. The summed E-state index contributed by atoms with van der Waals surface area (Å²) in [6.45, 7) is 2.17. The summed E-state index contributed by atoms with van der Waals surface area (Å²) in [5.41, 5.74) is 0.694. The number of ether oxygens (including phenoxy) is 1. The van der Waals surface area contributed by atoms with Crippen LogP contribution in [0.2, 0.25) is 0 Å². The van der Waals surface area contributed by atoms with Crippen LogP contribution in [-0.4, -0.2) is 18.0 Å². The minimum absolute atomic E-state index is 0.190. The minimum atomic E-state index is -0.364. The molecule has 4 nitrogen and oxygen atoms in total. The van der Waals surface area contributed by atoms with Crippen LogP contribution in [-0.2, 0) is 9.59 Å². The van der Waals surface area contributed by atoms with Crippen molar-refractivity contribution in [1.29, 1.82) is 0 Å². The number of benzene rings is 2. The van der Waals surface area contributed by atoms with Crippen molar-refractivity contribution in [3.63, 3.8) is 0 Å². The van der Waals surface area contributed by atoms with Gasteiger partial charge < -0.3 is 4.74 Å². The van der Waals surface area contributed by atoms with E-state index < -0.39 is 0 Å². The van der Waals surface area contributed by atoms with Gasteiger partial charge in [0, 0.05) is 17.5 Å². The first kappa shape index (κ1) is 20.6. The second-order valence-corrected chi connectivity index (χ2v) is 6.46. The monoisotopic (exact) mass is 365 g/mol. The Hall–Kier alpha value is -2.75. The molecule has 0 atom stereocenters. The number of esters is 1. The van der Waals surface area contributed by atoms with E-state index in [0.29, 0.717) is 6.42 Å². The maximum Gasteiger partial charge on any atom is 0.311 e. The molecular weight excluding hydrogens is 340 g/mol. The Bertz CT molecular complexity index is 779. The van der Waals surface area contributed by atoms with E-state index in [-0.39, 0.29) is 34.2 Å². The highest BCUT2D eigenvalue weighted by Gasteiger charge is 2.19. The summed E-state index contributed by atoms with van der Waals surface area (Å²) < 4.78 is 5.43. The number of para-hydroxylation sites is 1. The molecule has 0 amide bonds. The summed E-state index contributed by atoms with van der Waals surface area (Å²) in [5.74, 6) is -0.489. The van der Waals surface area contributed by atoms with E-state index in [4.69, 9.17) is 4.74 Å². The molecule has 0 saturated heterocycles. The van der Waals surface area contributed by atoms with Crippen molar-refractivity contribution in [1.82, 2.24) is 0 Å². The molecule has 2 rings (SSSR count). The Balaban J connectivity index is 2.02. The molecule has 141 valence electrons. The molecule has 1 radical (unpaired) electrons. The molecule has 0 fully saturated rings. The van der Waals surface area contributed by atoms with Gasteiger partial charge in [-0.2, -0.15) is 0 Å². The number of ketones is 1. The fourth-order valence-electron chi connectivity index (χ4n) is 2.88. The highest BCUT2D eigenvalue weighted by Crippen LogP contribution is 2.23. The van der Waals surface area contributed by atoms with Crippen LogP contribution in [0.25, 0.3) is 0 Å². The topological polar surface area (TPSA) is 60.4 Å². The van der Waals surface area contributed by atoms with E-state index in [1.54, 1.807) is 48.8 Å². The van der Waals surface area contributed by atoms with Gasteiger partial charge in [0.15, 0.2) is 5.78 Å². The van der Waals surface area contributed by atoms with Crippen molar-refractivity contribution in [3.8, 4) is 5.75 Å². The average molecular weight is 365 g/mol. The van der Waals surface area contributed by atoms with Crippen LogP contribution in [0.4, 0.5) is 0 Å². The molecule has 0 aliphatic rings. The van der Waals surface area contributed by atoms with Gasteiger partial charge in [-0.3, -0.25) is 14.4 Å². The van der Waals surface area contributed by atoms with Gasteiger partial charge in [0.25, 0.3) is 0 Å². The summed E-state index contributed by atoms with van der Waals surface area (Å²) in [6.07, 6.45) is 8.61. The lowest BCUT2D eigenvalue weighted by Gasteiger charge is -2.10. The maximum atomic E-state index is 12.8. The Morgan fingerprint density at radius 2 is 1.48 bits per heavy atom. The molecule has 0 unspecified atom stereocenters. The second kappa shape index (κ2) is 11.1. The van der Waals surface area contributed by atoms with Crippen molar-refractivity contribution < 1.29 is 19.1 Å². The van der Waals surface area contributed by atoms with Gasteiger partial charge in [-0.15, -0.1) is 0 Å².